The highest BCUT2D eigenvalue weighted by molar-refractivity contribution is 7.89. The second-order valence-corrected chi connectivity index (χ2v) is 10.6. The van der Waals surface area contributed by atoms with Crippen LogP contribution in [0.3, 0.4) is 0 Å². The first kappa shape index (κ1) is 25.5. The van der Waals surface area contributed by atoms with Crippen molar-refractivity contribution in [1.82, 2.24) is 4.31 Å². The van der Waals surface area contributed by atoms with E-state index in [1.54, 1.807) is 19.9 Å². The highest BCUT2D eigenvalue weighted by Gasteiger charge is 2.36. The van der Waals surface area contributed by atoms with Gasteiger partial charge in [-0.1, -0.05) is 57.4 Å². The van der Waals surface area contributed by atoms with Crippen molar-refractivity contribution < 1.29 is 18.6 Å². The maximum absolute atomic E-state index is 13.5. The first-order valence-corrected chi connectivity index (χ1v) is 12.9. The summed E-state index contributed by atoms with van der Waals surface area (Å²) in [6.45, 7) is 14.4. The van der Waals surface area contributed by atoms with Crippen molar-refractivity contribution in [3.8, 4) is 11.5 Å². The molecule has 2 N–H and O–H groups in total. The summed E-state index contributed by atoms with van der Waals surface area (Å²) in [5, 5.41) is 22.4. The Morgan fingerprint density at radius 3 is 2.39 bits per heavy atom. The van der Waals surface area contributed by atoms with Gasteiger partial charge in [0.25, 0.3) is 0 Å². The zero-order valence-electron chi connectivity index (χ0n) is 19.7. The molecule has 0 saturated carbocycles. The van der Waals surface area contributed by atoms with E-state index in [-0.39, 0.29) is 28.2 Å². The molecule has 5 nitrogen and oxygen atoms in total. The summed E-state index contributed by atoms with van der Waals surface area (Å²) in [5.74, 6) is -0.609. The molecule has 6 heteroatoms. The van der Waals surface area contributed by atoms with Gasteiger partial charge >= 0.3 is 0 Å². The lowest BCUT2D eigenvalue weighted by atomic mass is 9.73. The number of nitrogens with zero attached hydrogens (tertiary/aromatic N) is 1. The van der Waals surface area contributed by atoms with E-state index in [2.05, 4.69) is 13.5 Å². The van der Waals surface area contributed by atoms with Crippen LogP contribution in [-0.2, 0) is 16.4 Å². The fourth-order valence-corrected chi connectivity index (χ4v) is 6.46. The number of hydrogen-bond donors (Lipinski definition) is 2. The lowest BCUT2D eigenvalue weighted by molar-refractivity contribution is 0.392. The predicted octanol–water partition coefficient (Wildman–Crippen LogP) is 5.88. The van der Waals surface area contributed by atoms with E-state index in [0.29, 0.717) is 30.6 Å². The number of benzene rings is 1. The minimum Gasteiger partial charge on any atom is -0.507 e. The van der Waals surface area contributed by atoms with Gasteiger partial charge in [-0.25, -0.2) is 8.42 Å². The van der Waals surface area contributed by atoms with Crippen molar-refractivity contribution in [2.24, 2.45) is 5.92 Å². The highest BCUT2D eigenvalue weighted by Crippen LogP contribution is 2.49. The molecule has 1 aliphatic rings. The summed E-state index contributed by atoms with van der Waals surface area (Å²) in [6, 6.07) is 1.56. The molecule has 0 heterocycles. The maximum Gasteiger partial charge on any atom is 0.247 e. The van der Waals surface area contributed by atoms with Gasteiger partial charge in [-0.3, -0.25) is 0 Å². The Labute approximate surface area is 188 Å². The van der Waals surface area contributed by atoms with Gasteiger partial charge in [0, 0.05) is 24.6 Å². The molecule has 2 atom stereocenters. The van der Waals surface area contributed by atoms with Gasteiger partial charge in [0.05, 0.1) is 0 Å². The Morgan fingerprint density at radius 2 is 1.84 bits per heavy atom. The Balaban J connectivity index is 2.77. The number of unbranched alkanes of at least 4 members (excludes halogenated alkanes) is 2. The van der Waals surface area contributed by atoms with E-state index < -0.39 is 10.0 Å². The fourth-order valence-electron chi connectivity index (χ4n) is 4.67. The number of aromatic hydroxyl groups is 2. The molecule has 1 aromatic rings. The molecule has 0 saturated heterocycles. The predicted molar refractivity (Wildman–Crippen MR) is 127 cm³/mol. The molecular formula is C25H39NO4S. The van der Waals surface area contributed by atoms with Crippen LogP contribution >= 0.6 is 0 Å². The van der Waals surface area contributed by atoms with Gasteiger partial charge in [0.15, 0.2) is 0 Å². The third-order valence-electron chi connectivity index (χ3n) is 6.42. The number of phenolic OH excluding ortho intramolecular Hbond substituents is 2. The van der Waals surface area contributed by atoms with Crippen LogP contribution < -0.4 is 0 Å². The first-order chi connectivity index (χ1) is 14.6. The van der Waals surface area contributed by atoms with Crippen LogP contribution in [0.5, 0.6) is 11.5 Å². The largest absolute Gasteiger partial charge is 0.507 e. The van der Waals surface area contributed by atoms with Crippen molar-refractivity contribution in [1.29, 1.82) is 0 Å². The van der Waals surface area contributed by atoms with Crippen molar-refractivity contribution >= 4 is 10.0 Å². The molecule has 1 aromatic carbocycles. The van der Waals surface area contributed by atoms with Crippen molar-refractivity contribution in [3.05, 3.63) is 41.0 Å². The zero-order valence-corrected chi connectivity index (χ0v) is 20.6. The highest BCUT2D eigenvalue weighted by atomic mass is 32.2. The second kappa shape index (κ2) is 10.7. The van der Waals surface area contributed by atoms with Crippen LogP contribution in [0.4, 0.5) is 0 Å². The number of aryl methyl sites for hydroxylation is 1. The van der Waals surface area contributed by atoms with Gasteiger partial charge in [-0.05, 0) is 57.1 Å². The lowest BCUT2D eigenvalue weighted by Gasteiger charge is -2.32. The first-order valence-electron chi connectivity index (χ1n) is 11.5. The Hall–Kier alpha value is -1.79. The van der Waals surface area contributed by atoms with Crippen LogP contribution in [0.25, 0.3) is 0 Å². The Bertz CT molecular complexity index is 929. The van der Waals surface area contributed by atoms with Crippen LogP contribution in [0.1, 0.15) is 83.8 Å². The molecule has 0 bridgehead atoms. The molecule has 31 heavy (non-hydrogen) atoms. The molecule has 174 valence electrons. The standard InChI is InChI=1S/C25H39NO4S/c1-7-10-11-12-19-16-22(27)23(21-15-18(6)13-14-20(21)17(4)5)24(28)25(19)31(29,30)26(8-2)9-3/h15-16,20-21,27-28H,4,7-14H2,1-3,5-6H3/t20-,21+/m0/s1. The van der Waals surface area contributed by atoms with Gasteiger partial charge in [-0.15, -0.1) is 0 Å². The normalized spacial score (nSPS) is 19.5. The monoisotopic (exact) mass is 449 g/mol. The SMILES string of the molecule is C=C(C)[C@@H]1CCC(C)=C[C@H]1c1c(O)cc(CCCCC)c(S(=O)(=O)N(CC)CC)c1O. The third kappa shape index (κ3) is 5.35. The quantitative estimate of drug-likeness (QED) is 0.345. The van der Waals surface area contributed by atoms with Crippen LogP contribution in [0.15, 0.2) is 34.8 Å². The molecule has 0 aromatic heterocycles. The topological polar surface area (TPSA) is 77.8 Å². The Kier molecular flexibility index (Phi) is 8.78. The minimum absolute atomic E-state index is 0.0373. The summed E-state index contributed by atoms with van der Waals surface area (Å²) < 4.78 is 28.5. The Morgan fingerprint density at radius 1 is 1.19 bits per heavy atom. The molecule has 0 fully saturated rings. The third-order valence-corrected chi connectivity index (χ3v) is 8.58. The molecule has 0 amide bonds. The van der Waals surface area contributed by atoms with Crippen LogP contribution in [-0.4, -0.2) is 36.0 Å². The summed E-state index contributed by atoms with van der Waals surface area (Å²) in [6.07, 6.45) is 7.08. The lowest BCUT2D eigenvalue weighted by Crippen LogP contribution is -2.31. The van der Waals surface area contributed by atoms with Crippen molar-refractivity contribution in [2.75, 3.05) is 13.1 Å². The summed E-state index contributed by atoms with van der Waals surface area (Å²) in [5.41, 5.74) is 2.92. The van der Waals surface area contributed by atoms with Crippen molar-refractivity contribution in [3.63, 3.8) is 0 Å². The van der Waals surface area contributed by atoms with Crippen LogP contribution in [0, 0.1) is 5.92 Å². The number of sulfonamides is 1. The summed E-state index contributed by atoms with van der Waals surface area (Å²) in [7, 11) is -3.90. The molecule has 0 unspecified atom stereocenters. The molecule has 1 aliphatic carbocycles. The van der Waals surface area contributed by atoms with E-state index in [4.69, 9.17) is 0 Å². The molecule has 0 radical (unpaired) electrons. The zero-order chi connectivity index (χ0) is 23.3. The van der Waals surface area contributed by atoms with Gasteiger partial charge < -0.3 is 10.2 Å². The van der Waals surface area contributed by atoms with Crippen LogP contribution in [0.2, 0.25) is 0 Å². The summed E-state index contributed by atoms with van der Waals surface area (Å²) in [4.78, 5) is -0.0443. The molecule has 0 aliphatic heterocycles. The van der Waals surface area contributed by atoms with E-state index in [1.165, 1.54) is 9.88 Å². The van der Waals surface area contributed by atoms with Gasteiger partial charge in [0.2, 0.25) is 10.0 Å². The average molecular weight is 450 g/mol. The minimum atomic E-state index is -3.90. The second-order valence-electron chi connectivity index (χ2n) is 8.72. The van der Waals surface area contributed by atoms with E-state index in [9.17, 15) is 18.6 Å². The molecule has 2 rings (SSSR count). The smallest absolute Gasteiger partial charge is 0.247 e. The average Bonchev–Trinajstić information content (AvgIpc) is 2.68. The van der Waals surface area contributed by atoms with E-state index >= 15 is 0 Å². The maximum atomic E-state index is 13.5. The van der Waals surface area contributed by atoms with E-state index in [0.717, 1.165) is 37.7 Å². The van der Waals surface area contributed by atoms with Gasteiger partial charge in [-0.2, -0.15) is 4.31 Å². The molecule has 0 spiro atoms. The fraction of sp³-hybridized carbons (Fsp3) is 0.600. The van der Waals surface area contributed by atoms with Gasteiger partial charge in [0.1, 0.15) is 16.4 Å². The molecular weight excluding hydrogens is 410 g/mol. The number of allylic oxidation sites excluding steroid dienone is 3. The number of hydrogen-bond acceptors (Lipinski definition) is 4. The number of rotatable bonds is 10. The summed E-state index contributed by atoms with van der Waals surface area (Å²) >= 11 is 0. The van der Waals surface area contributed by atoms with Crippen molar-refractivity contribution in [2.45, 2.75) is 84.0 Å². The number of phenols is 2. The van der Waals surface area contributed by atoms with E-state index in [1.807, 2.05) is 19.9 Å².